The molecule has 1 aromatic carbocycles. The lowest BCUT2D eigenvalue weighted by molar-refractivity contribution is -0.136. The summed E-state index contributed by atoms with van der Waals surface area (Å²) in [5.74, 6) is -0.291. The van der Waals surface area contributed by atoms with E-state index in [0.29, 0.717) is 25.8 Å². The van der Waals surface area contributed by atoms with Crippen molar-refractivity contribution in [3.63, 3.8) is 0 Å². The summed E-state index contributed by atoms with van der Waals surface area (Å²) in [6.07, 6.45) is 1.62. The second-order valence-electron chi connectivity index (χ2n) is 5.26. The molecule has 0 aromatic heterocycles. The Balaban J connectivity index is 1.85. The van der Waals surface area contributed by atoms with E-state index in [2.05, 4.69) is 15.6 Å². The van der Waals surface area contributed by atoms with Gasteiger partial charge in [-0.25, -0.2) is 0 Å². The highest BCUT2D eigenvalue weighted by Crippen LogP contribution is 2.09. The minimum absolute atomic E-state index is 0.0278. The van der Waals surface area contributed by atoms with Crippen LogP contribution in [0.25, 0.3) is 0 Å². The van der Waals surface area contributed by atoms with Crippen LogP contribution < -0.4 is 22.1 Å². The number of carbonyl (C=O) groups excluding carboxylic acids is 2. The third-order valence-electron chi connectivity index (χ3n) is 3.49. The van der Waals surface area contributed by atoms with Gasteiger partial charge in [0.25, 0.3) is 0 Å². The largest absolute Gasteiger partial charge is 0.370 e. The van der Waals surface area contributed by atoms with Gasteiger partial charge in [0.1, 0.15) is 12.1 Å². The highest BCUT2D eigenvalue weighted by Gasteiger charge is 2.32. The Morgan fingerprint density at radius 3 is 2.36 bits per heavy atom. The molecule has 1 fully saturated rings. The summed E-state index contributed by atoms with van der Waals surface area (Å²) in [6.45, 7) is 0.440. The van der Waals surface area contributed by atoms with Crippen LogP contribution in [0, 0.1) is 0 Å². The fourth-order valence-electron chi connectivity index (χ4n) is 2.38. The number of guanidine groups is 1. The van der Waals surface area contributed by atoms with Gasteiger partial charge in [-0.3, -0.25) is 14.6 Å². The van der Waals surface area contributed by atoms with Crippen LogP contribution in [0.5, 0.6) is 0 Å². The topological polar surface area (TPSA) is 123 Å². The van der Waals surface area contributed by atoms with E-state index < -0.39 is 12.1 Å². The van der Waals surface area contributed by atoms with Crippen LogP contribution in [-0.2, 0) is 16.0 Å². The van der Waals surface area contributed by atoms with Crippen molar-refractivity contribution in [1.29, 1.82) is 0 Å². The molecule has 6 N–H and O–H groups in total. The van der Waals surface area contributed by atoms with E-state index in [-0.39, 0.29) is 17.8 Å². The lowest BCUT2D eigenvalue weighted by Crippen LogP contribution is -2.62. The Bertz CT molecular complexity index is 554. The van der Waals surface area contributed by atoms with Crippen molar-refractivity contribution < 1.29 is 9.59 Å². The van der Waals surface area contributed by atoms with Gasteiger partial charge in [-0.15, -0.1) is 0 Å². The highest BCUT2D eigenvalue weighted by molar-refractivity contribution is 5.97. The quantitative estimate of drug-likeness (QED) is 0.314. The normalized spacial score (nSPS) is 20.9. The Morgan fingerprint density at radius 1 is 1.05 bits per heavy atom. The summed E-state index contributed by atoms with van der Waals surface area (Å²) in [7, 11) is 0. The maximum Gasteiger partial charge on any atom is 0.243 e. The van der Waals surface area contributed by atoms with Gasteiger partial charge in [-0.1, -0.05) is 30.3 Å². The number of nitrogens with zero attached hydrogens (tertiary/aromatic N) is 1. The van der Waals surface area contributed by atoms with Crippen LogP contribution >= 0.6 is 0 Å². The zero-order chi connectivity index (χ0) is 15.9. The van der Waals surface area contributed by atoms with Crippen LogP contribution in [0.15, 0.2) is 35.3 Å². The molecule has 0 spiro atoms. The van der Waals surface area contributed by atoms with Crippen LogP contribution in [0.1, 0.15) is 18.4 Å². The first-order valence-corrected chi connectivity index (χ1v) is 7.26. The predicted octanol–water partition coefficient (Wildman–Crippen LogP) is -0.734. The zero-order valence-electron chi connectivity index (χ0n) is 12.3. The van der Waals surface area contributed by atoms with Crippen molar-refractivity contribution in [2.45, 2.75) is 31.3 Å². The van der Waals surface area contributed by atoms with Crippen LogP contribution in [0.2, 0.25) is 0 Å². The van der Waals surface area contributed by atoms with Crippen molar-refractivity contribution in [1.82, 2.24) is 10.6 Å². The van der Waals surface area contributed by atoms with Crippen molar-refractivity contribution in [2.24, 2.45) is 16.5 Å². The lowest BCUT2D eigenvalue weighted by atomic mass is 10.0. The van der Waals surface area contributed by atoms with E-state index in [1.807, 2.05) is 30.3 Å². The molecule has 1 aliphatic rings. The number of nitrogens with one attached hydrogen (secondary N) is 2. The molecule has 1 aromatic rings. The molecule has 118 valence electrons. The Kier molecular flexibility index (Phi) is 5.35. The maximum absolute atomic E-state index is 12.1. The number of rotatable bonds is 6. The van der Waals surface area contributed by atoms with E-state index in [1.165, 1.54) is 0 Å². The molecule has 22 heavy (non-hydrogen) atoms. The number of aliphatic imine (C=N–C) groups is 1. The van der Waals surface area contributed by atoms with Crippen molar-refractivity contribution in [3.8, 4) is 0 Å². The second-order valence-corrected chi connectivity index (χ2v) is 5.26. The third-order valence-corrected chi connectivity index (χ3v) is 3.49. The molecular weight excluding hydrogens is 282 g/mol. The summed E-state index contributed by atoms with van der Waals surface area (Å²) in [5.41, 5.74) is 11.5. The van der Waals surface area contributed by atoms with E-state index in [1.54, 1.807) is 0 Å². The van der Waals surface area contributed by atoms with Gasteiger partial charge in [0, 0.05) is 13.0 Å². The minimum Gasteiger partial charge on any atom is -0.370 e. The highest BCUT2D eigenvalue weighted by atomic mass is 16.2. The summed E-state index contributed by atoms with van der Waals surface area (Å²) in [4.78, 5) is 28.0. The number of nitrogens with two attached hydrogens (primary N) is 2. The first-order chi connectivity index (χ1) is 10.6. The number of amides is 2. The second kappa shape index (κ2) is 7.44. The van der Waals surface area contributed by atoms with E-state index in [9.17, 15) is 9.59 Å². The first kappa shape index (κ1) is 15.8. The molecule has 0 radical (unpaired) electrons. The van der Waals surface area contributed by atoms with Crippen molar-refractivity contribution in [3.05, 3.63) is 35.9 Å². The first-order valence-electron chi connectivity index (χ1n) is 7.26. The van der Waals surface area contributed by atoms with E-state index in [4.69, 9.17) is 11.5 Å². The number of carbonyl (C=O) groups is 2. The molecule has 7 nitrogen and oxygen atoms in total. The van der Waals surface area contributed by atoms with Crippen LogP contribution in [0.3, 0.4) is 0 Å². The third kappa shape index (κ3) is 4.47. The number of hydrogen-bond acceptors (Lipinski definition) is 3. The molecule has 1 saturated heterocycles. The number of piperazine rings is 1. The van der Waals surface area contributed by atoms with E-state index >= 15 is 0 Å². The molecule has 0 aliphatic carbocycles. The SMILES string of the molecule is NC(N)=NCCCC1NC(=O)C(Cc2ccccc2)NC1=O. The Labute approximate surface area is 129 Å². The minimum atomic E-state index is -0.524. The summed E-state index contributed by atoms with van der Waals surface area (Å²) < 4.78 is 0. The molecule has 2 rings (SSSR count). The average Bonchev–Trinajstić information content (AvgIpc) is 2.49. The fourth-order valence-corrected chi connectivity index (χ4v) is 2.38. The zero-order valence-corrected chi connectivity index (χ0v) is 12.3. The van der Waals surface area contributed by atoms with Gasteiger partial charge >= 0.3 is 0 Å². The molecule has 2 atom stereocenters. The molecule has 1 heterocycles. The smallest absolute Gasteiger partial charge is 0.243 e. The molecule has 7 heteroatoms. The van der Waals surface area contributed by atoms with Gasteiger partial charge in [0.2, 0.25) is 11.8 Å². The van der Waals surface area contributed by atoms with Crippen molar-refractivity contribution in [2.75, 3.05) is 6.54 Å². The van der Waals surface area contributed by atoms with Crippen molar-refractivity contribution >= 4 is 17.8 Å². The van der Waals surface area contributed by atoms with Gasteiger partial charge in [-0.05, 0) is 18.4 Å². The Morgan fingerprint density at radius 2 is 1.68 bits per heavy atom. The Hall–Kier alpha value is -2.57. The van der Waals surface area contributed by atoms with Crippen LogP contribution in [0.4, 0.5) is 0 Å². The van der Waals surface area contributed by atoms with Gasteiger partial charge in [-0.2, -0.15) is 0 Å². The molecule has 2 unspecified atom stereocenters. The van der Waals surface area contributed by atoms with Crippen LogP contribution in [-0.4, -0.2) is 36.4 Å². The fraction of sp³-hybridized carbons (Fsp3) is 0.400. The van der Waals surface area contributed by atoms with Gasteiger partial charge in [0.05, 0.1) is 0 Å². The lowest BCUT2D eigenvalue weighted by Gasteiger charge is -2.29. The van der Waals surface area contributed by atoms with E-state index in [0.717, 1.165) is 5.56 Å². The number of benzene rings is 1. The molecule has 0 saturated carbocycles. The number of hydrogen-bond donors (Lipinski definition) is 4. The average molecular weight is 303 g/mol. The van der Waals surface area contributed by atoms with Gasteiger partial charge in [0.15, 0.2) is 5.96 Å². The monoisotopic (exact) mass is 303 g/mol. The summed E-state index contributed by atoms with van der Waals surface area (Å²) in [5, 5.41) is 5.54. The molecule has 1 aliphatic heterocycles. The standard InChI is InChI=1S/C15H21N5O2/c16-15(17)18-8-4-7-11-13(21)20-12(14(22)19-11)9-10-5-2-1-3-6-10/h1-3,5-6,11-12H,4,7-9H2,(H,19,22)(H,20,21)(H4,16,17,18). The predicted molar refractivity (Wildman–Crippen MR) is 83.9 cm³/mol. The molecule has 2 amide bonds. The van der Waals surface area contributed by atoms with Gasteiger partial charge < -0.3 is 22.1 Å². The molecular formula is C15H21N5O2. The maximum atomic E-state index is 12.1. The summed E-state index contributed by atoms with van der Waals surface area (Å²) in [6, 6.07) is 8.55. The summed E-state index contributed by atoms with van der Waals surface area (Å²) >= 11 is 0. The molecule has 0 bridgehead atoms.